The molecule has 0 spiro atoms. The minimum atomic E-state index is -0.0364. The van der Waals surface area contributed by atoms with E-state index >= 15 is 0 Å². The molecule has 27 heavy (non-hydrogen) atoms. The molecule has 1 aliphatic heterocycles. The average Bonchev–Trinajstić information content (AvgIpc) is 3.10. The first-order valence-corrected chi connectivity index (χ1v) is 9.48. The predicted octanol–water partition coefficient (Wildman–Crippen LogP) is 2.12. The number of amides is 1. The van der Waals surface area contributed by atoms with E-state index in [0.29, 0.717) is 38.1 Å². The summed E-state index contributed by atoms with van der Waals surface area (Å²) in [5.41, 5.74) is 2.34. The second kappa shape index (κ2) is 7.52. The Kier molecular flexibility index (Phi) is 4.94. The molecule has 4 rings (SSSR count). The molecule has 1 aliphatic rings. The number of rotatable bonds is 5. The smallest absolute Gasteiger partial charge is 0.262 e. The summed E-state index contributed by atoms with van der Waals surface area (Å²) in [6.07, 6.45) is 2.26. The fourth-order valence-electron chi connectivity index (χ4n) is 3.81. The Bertz CT molecular complexity index is 1030. The van der Waals surface area contributed by atoms with Gasteiger partial charge in [-0.2, -0.15) is 5.10 Å². The third kappa shape index (κ3) is 3.35. The summed E-state index contributed by atoms with van der Waals surface area (Å²) in [6.45, 7) is 4.28. The van der Waals surface area contributed by atoms with Crippen LogP contribution in [0.4, 0.5) is 0 Å². The first-order chi connectivity index (χ1) is 13.2. The molecule has 0 saturated carbocycles. The lowest BCUT2D eigenvalue weighted by molar-refractivity contribution is -0.127. The molecule has 3 aromatic rings. The maximum atomic E-state index is 13.0. The molecule has 0 aliphatic carbocycles. The van der Waals surface area contributed by atoms with Crippen molar-refractivity contribution in [1.29, 1.82) is 0 Å². The molecule has 0 unspecified atom stereocenters. The number of fused-ring (bicyclic) bond motifs is 3. The lowest BCUT2D eigenvalue weighted by atomic mass is 9.99. The van der Waals surface area contributed by atoms with Crippen LogP contribution < -0.4 is 10.9 Å². The standard InChI is InChI=1S/C20H24N4O3/c1-13-17-18(23-22-13)15-5-2-3-6-16(15)24(20(17)26)10-4-9-21-19(25)14-7-11-27-12-8-14/h2-3,5-6,14H,4,7-12H2,1H3,(H,21,25)(H,22,23). The zero-order chi connectivity index (χ0) is 18.8. The van der Waals surface area contributed by atoms with Crippen molar-refractivity contribution in [2.24, 2.45) is 5.92 Å². The van der Waals surface area contributed by atoms with E-state index in [1.165, 1.54) is 0 Å². The van der Waals surface area contributed by atoms with Gasteiger partial charge >= 0.3 is 0 Å². The van der Waals surface area contributed by atoms with Gasteiger partial charge in [0.15, 0.2) is 0 Å². The first kappa shape index (κ1) is 17.7. The fourth-order valence-corrected chi connectivity index (χ4v) is 3.81. The third-order valence-corrected chi connectivity index (χ3v) is 5.31. The van der Waals surface area contributed by atoms with Crippen molar-refractivity contribution in [3.8, 4) is 0 Å². The molecular weight excluding hydrogens is 344 g/mol. The summed E-state index contributed by atoms with van der Waals surface area (Å²) in [4.78, 5) is 25.2. The van der Waals surface area contributed by atoms with Crippen molar-refractivity contribution >= 4 is 27.7 Å². The topological polar surface area (TPSA) is 89.0 Å². The maximum absolute atomic E-state index is 13.0. The largest absolute Gasteiger partial charge is 0.381 e. The van der Waals surface area contributed by atoms with Gasteiger partial charge in [-0.1, -0.05) is 18.2 Å². The second-order valence-corrected chi connectivity index (χ2v) is 7.08. The van der Waals surface area contributed by atoms with Crippen LogP contribution in [0.3, 0.4) is 0 Å². The van der Waals surface area contributed by atoms with E-state index in [9.17, 15) is 9.59 Å². The highest BCUT2D eigenvalue weighted by Crippen LogP contribution is 2.22. The number of nitrogens with zero attached hydrogens (tertiary/aromatic N) is 2. The monoisotopic (exact) mass is 368 g/mol. The van der Waals surface area contributed by atoms with Crippen molar-refractivity contribution in [1.82, 2.24) is 20.1 Å². The number of nitrogens with one attached hydrogen (secondary N) is 2. The molecule has 2 aromatic heterocycles. The Labute approximate surface area is 156 Å². The molecule has 0 bridgehead atoms. The molecule has 3 heterocycles. The van der Waals surface area contributed by atoms with E-state index in [4.69, 9.17) is 4.74 Å². The molecule has 1 amide bonds. The van der Waals surface area contributed by atoms with Gasteiger partial charge in [-0.25, -0.2) is 0 Å². The number of pyridine rings is 1. The highest BCUT2D eigenvalue weighted by atomic mass is 16.5. The van der Waals surface area contributed by atoms with Gasteiger partial charge in [0, 0.05) is 43.3 Å². The Morgan fingerprint density at radius 3 is 2.93 bits per heavy atom. The molecule has 2 N–H and O–H groups in total. The Hall–Kier alpha value is -2.67. The summed E-state index contributed by atoms with van der Waals surface area (Å²) in [7, 11) is 0. The van der Waals surface area contributed by atoms with Crippen LogP contribution in [-0.2, 0) is 16.1 Å². The van der Waals surface area contributed by atoms with Crippen LogP contribution in [0.15, 0.2) is 29.1 Å². The van der Waals surface area contributed by atoms with Crippen molar-refractivity contribution in [3.05, 3.63) is 40.3 Å². The zero-order valence-corrected chi connectivity index (χ0v) is 15.5. The normalized spacial score (nSPS) is 15.4. The van der Waals surface area contributed by atoms with Crippen LogP contribution >= 0.6 is 0 Å². The highest BCUT2D eigenvalue weighted by Gasteiger charge is 2.21. The number of para-hydroxylation sites is 1. The maximum Gasteiger partial charge on any atom is 0.262 e. The van der Waals surface area contributed by atoms with Gasteiger partial charge < -0.3 is 14.6 Å². The van der Waals surface area contributed by atoms with Gasteiger partial charge in [-0.3, -0.25) is 14.7 Å². The number of hydrogen-bond donors (Lipinski definition) is 2. The van der Waals surface area contributed by atoms with Gasteiger partial charge in [-0.15, -0.1) is 0 Å². The summed E-state index contributed by atoms with van der Waals surface area (Å²) >= 11 is 0. The molecule has 1 saturated heterocycles. The van der Waals surface area contributed by atoms with Crippen LogP contribution in [0, 0.1) is 12.8 Å². The Balaban J connectivity index is 1.51. The van der Waals surface area contributed by atoms with Gasteiger partial charge in [0.25, 0.3) is 5.56 Å². The Morgan fingerprint density at radius 1 is 1.33 bits per heavy atom. The van der Waals surface area contributed by atoms with Crippen LogP contribution in [-0.4, -0.2) is 40.4 Å². The summed E-state index contributed by atoms with van der Waals surface area (Å²) < 4.78 is 7.09. The molecule has 0 radical (unpaired) electrons. The summed E-state index contributed by atoms with van der Waals surface area (Å²) in [5, 5.41) is 11.8. The molecule has 142 valence electrons. The molecule has 1 fully saturated rings. The third-order valence-electron chi connectivity index (χ3n) is 5.31. The van der Waals surface area contributed by atoms with E-state index in [-0.39, 0.29) is 17.4 Å². The zero-order valence-electron chi connectivity index (χ0n) is 15.5. The van der Waals surface area contributed by atoms with Crippen LogP contribution in [0.5, 0.6) is 0 Å². The number of carbonyl (C=O) groups excluding carboxylic acids is 1. The number of carbonyl (C=O) groups is 1. The van der Waals surface area contributed by atoms with E-state index in [1.807, 2.05) is 31.2 Å². The lowest BCUT2D eigenvalue weighted by Gasteiger charge is -2.21. The first-order valence-electron chi connectivity index (χ1n) is 9.48. The van der Waals surface area contributed by atoms with Crippen LogP contribution in [0.1, 0.15) is 25.0 Å². The number of hydrogen-bond acceptors (Lipinski definition) is 4. The summed E-state index contributed by atoms with van der Waals surface area (Å²) in [6, 6.07) is 7.81. The molecule has 7 nitrogen and oxygen atoms in total. The highest BCUT2D eigenvalue weighted by molar-refractivity contribution is 6.03. The number of aromatic amines is 1. The van der Waals surface area contributed by atoms with Crippen molar-refractivity contribution in [2.45, 2.75) is 32.7 Å². The lowest BCUT2D eigenvalue weighted by Crippen LogP contribution is -2.35. The number of aryl methyl sites for hydroxylation is 2. The minimum absolute atomic E-state index is 0.0364. The van der Waals surface area contributed by atoms with E-state index in [0.717, 1.165) is 35.0 Å². The predicted molar refractivity (Wildman–Crippen MR) is 104 cm³/mol. The van der Waals surface area contributed by atoms with Crippen LogP contribution in [0.2, 0.25) is 0 Å². The van der Waals surface area contributed by atoms with Crippen molar-refractivity contribution in [3.63, 3.8) is 0 Å². The minimum Gasteiger partial charge on any atom is -0.381 e. The second-order valence-electron chi connectivity index (χ2n) is 7.08. The summed E-state index contributed by atoms with van der Waals surface area (Å²) in [5.74, 6) is 0.142. The number of H-pyrrole nitrogens is 1. The average molecular weight is 368 g/mol. The number of benzene rings is 1. The Morgan fingerprint density at radius 2 is 2.11 bits per heavy atom. The number of ether oxygens (including phenoxy) is 1. The molecule has 0 atom stereocenters. The van der Waals surface area contributed by atoms with E-state index in [1.54, 1.807) is 4.57 Å². The fraction of sp³-hybridized carbons (Fsp3) is 0.450. The molecule has 1 aromatic carbocycles. The van der Waals surface area contributed by atoms with Gasteiger partial charge in [0.2, 0.25) is 5.91 Å². The van der Waals surface area contributed by atoms with Crippen LogP contribution in [0.25, 0.3) is 21.8 Å². The SMILES string of the molecule is Cc1[nH]nc2c1c(=O)n(CCCNC(=O)C1CCOCC1)c1ccccc21. The van der Waals surface area contributed by atoms with Gasteiger partial charge in [0.1, 0.15) is 5.52 Å². The van der Waals surface area contributed by atoms with E-state index in [2.05, 4.69) is 15.5 Å². The van der Waals surface area contributed by atoms with Crippen molar-refractivity contribution in [2.75, 3.05) is 19.8 Å². The number of aromatic nitrogens is 3. The van der Waals surface area contributed by atoms with Crippen molar-refractivity contribution < 1.29 is 9.53 Å². The molecule has 7 heteroatoms. The van der Waals surface area contributed by atoms with Gasteiger partial charge in [0.05, 0.1) is 10.9 Å². The quantitative estimate of drug-likeness (QED) is 0.675. The molecular formula is C20H24N4O3. The van der Waals surface area contributed by atoms with E-state index < -0.39 is 0 Å². The van der Waals surface area contributed by atoms with Gasteiger partial charge in [-0.05, 0) is 32.3 Å².